The molecule has 2 aromatic heterocycles. The van der Waals surface area contributed by atoms with E-state index >= 15 is 0 Å². The summed E-state index contributed by atoms with van der Waals surface area (Å²) in [5.74, 6) is 1.19. The van der Waals surface area contributed by atoms with Gasteiger partial charge in [0, 0.05) is 24.5 Å². The van der Waals surface area contributed by atoms with Crippen molar-refractivity contribution >= 4 is 17.3 Å². The lowest BCUT2D eigenvalue weighted by Gasteiger charge is -2.13. The molecule has 0 spiro atoms. The molecule has 0 saturated carbocycles. The molecule has 1 aliphatic rings. The van der Waals surface area contributed by atoms with Gasteiger partial charge in [0.2, 0.25) is 0 Å². The van der Waals surface area contributed by atoms with E-state index in [1.807, 2.05) is 12.1 Å². The van der Waals surface area contributed by atoms with Crippen LogP contribution in [0, 0.1) is 13.8 Å². The smallest absolute Gasteiger partial charge is 0.250 e. The molecule has 1 aromatic carbocycles. The fourth-order valence-corrected chi connectivity index (χ4v) is 3.19. The van der Waals surface area contributed by atoms with E-state index in [9.17, 15) is 4.79 Å². The third-order valence-electron chi connectivity index (χ3n) is 4.68. The lowest BCUT2D eigenvalue weighted by Crippen LogP contribution is -2.14. The van der Waals surface area contributed by atoms with Gasteiger partial charge in [-0.1, -0.05) is 12.1 Å². The van der Waals surface area contributed by atoms with Crippen molar-refractivity contribution in [1.82, 2.24) is 19.7 Å². The number of fused-ring (bicyclic) bond motifs is 1. The summed E-state index contributed by atoms with van der Waals surface area (Å²) in [5, 5.41) is 7.99. The molecular weight excluding hydrogens is 314 g/mol. The van der Waals surface area contributed by atoms with Gasteiger partial charge in [0.05, 0.1) is 11.3 Å². The third kappa shape index (κ3) is 2.69. The molecule has 1 N–H and O–H groups in total. The molecule has 2 heterocycles. The number of nitrogens with one attached hydrogen (secondary N) is 1. The maximum atomic E-state index is 12.6. The van der Waals surface area contributed by atoms with E-state index in [0.717, 1.165) is 29.8 Å². The first-order valence-corrected chi connectivity index (χ1v) is 8.41. The van der Waals surface area contributed by atoms with Gasteiger partial charge < -0.3 is 5.32 Å². The SMILES string of the molecule is Cc1cccc(Nc2nn(-c3ncccn3)c3c2C(=O)CCC3)c1C. The first-order valence-electron chi connectivity index (χ1n) is 8.41. The van der Waals surface area contributed by atoms with E-state index in [-0.39, 0.29) is 5.78 Å². The van der Waals surface area contributed by atoms with E-state index < -0.39 is 0 Å². The lowest BCUT2D eigenvalue weighted by atomic mass is 9.95. The average Bonchev–Trinajstić information content (AvgIpc) is 3.00. The van der Waals surface area contributed by atoms with Crippen LogP contribution in [-0.4, -0.2) is 25.5 Å². The first-order chi connectivity index (χ1) is 12.1. The van der Waals surface area contributed by atoms with Crippen molar-refractivity contribution in [1.29, 1.82) is 0 Å². The topological polar surface area (TPSA) is 72.7 Å². The summed E-state index contributed by atoms with van der Waals surface area (Å²) in [5.41, 5.74) is 4.84. The normalized spacial score (nSPS) is 13.6. The number of nitrogens with zero attached hydrogens (tertiary/aromatic N) is 4. The van der Waals surface area contributed by atoms with Crippen LogP contribution in [0.3, 0.4) is 0 Å². The minimum Gasteiger partial charge on any atom is -0.338 e. The van der Waals surface area contributed by atoms with Gasteiger partial charge in [-0.2, -0.15) is 0 Å². The summed E-state index contributed by atoms with van der Waals surface area (Å²) in [7, 11) is 0. The molecule has 0 bridgehead atoms. The van der Waals surface area contributed by atoms with Crippen molar-refractivity contribution in [3.05, 3.63) is 59.0 Å². The van der Waals surface area contributed by atoms with Gasteiger partial charge in [-0.05, 0) is 49.9 Å². The summed E-state index contributed by atoms with van der Waals surface area (Å²) < 4.78 is 1.69. The highest BCUT2D eigenvalue weighted by atomic mass is 16.1. The largest absolute Gasteiger partial charge is 0.338 e. The Bertz CT molecular complexity index is 946. The zero-order chi connectivity index (χ0) is 17.4. The molecule has 4 rings (SSSR count). The Labute approximate surface area is 145 Å². The van der Waals surface area contributed by atoms with Crippen LogP contribution < -0.4 is 5.32 Å². The molecule has 0 unspecified atom stereocenters. The Morgan fingerprint density at radius 3 is 2.68 bits per heavy atom. The van der Waals surface area contributed by atoms with Crippen LogP contribution in [0.4, 0.5) is 11.5 Å². The Morgan fingerprint density at radius 2 is 1.88 bits per heavy atom. The summed E-state index contributed by atoms with van der Waals surface area (Å²) in [4.78, 5) is 21.1. The number of hydrogen-bond acceptors (Lipinski definition) is 5. The number of carbonyl (C=O) groups excluding carboxylic acids is 1. The summed E-state index contributed by atoms with van der Waals surface area (Å²) in [6.45, 7) is 4.13. The number of carbonyl (C=O) groups is 1. The number of aromatic nitrogens is 4. The van der Waals surface area contributed by atoms with Crippen molar-refractivity contribution in [3.63, 3.8) is 0 Å². The highest BCUT2D eigenvalue weighted by Gasteiger charge is 2.28. The Hall–Kier alpha value is -3.02. The van der Waals surface area contributed by atoms with Crippen LogP contribution in [0.15, 0.2) is 36.7 Å². The van der Waals surface area contributed by atoms with E-state index in [1.165, 1.54) is 5.56 Å². The number of Topliss-reactive ketones (excluding diaryl/α,β-unsaturated/α-hetero) is 1. The number of rotatable bonds is 3. The fourth-order valence-electron chi connectivity index (χ4n) is 3.19. The molecule has 0 saturated heterocycles. The van der Waals surface area contributed by atoms with Crippen LogP contribution in [0.25, 0.3) is 5.95 Å². The van der Waals surface area contributed by atoms with Gasteiger partial charge in [-0.25, -0.2) is 14.6 Å². The molecule has 0 amide bonds. The van der Waals surface area contributed by atoms with E-state index in [1.54, 1.807) is 23.1 Å². The Balaban J connectivity index is 1.84. The summed E-state index contributed by atoms with van der Waals surface area (Å²) >= 11 is 0. The molecule has 0 aliphatic heterocycles. The molecule has 6 heteroatoms. The highest BCUT2D eigenvalue weighted by Crippen LogP contribution is 2.32. The molecular formula is C19H19N5O. The van der Waals surface area contributed by atoms with E-state index in [4.69, 9.17) is 0 Å². The Morgan fingerprint density at radius 1 is 1.08 bits per heavy atom. The predicted octanol–water partition coefficient (Wildman–Crippen LogP) is 3.54. The molecule has 0 fully saturated rings. The fraction of sp³-hybridized carbons (Fsp3) is 0.263. The molecule has 25 heavy (non-hydrogen) atoms. The van der Waals surface area contributed by atoms with Gasteiger partial charge in [0.15, 0.2) is 11.6 Å². The van der Waals surface area contributed by atoms with Gasteiger partial charge in [0.1, 0.15) is 0 Å². The summed E-state index contributed by atoms with van der Waals surface area (Å²) in [6.07, 6.45) is 5.53. The van der Waals surface area contributed by atoms with Crippen LogP contribution in [0.1, 0.15) is 40.0 Å². The number of anilines is 2. The minimum absolute atomic E-state index is 0.122. The molecule has 0 atom stereocenters. The molecule has 126 valence electrons. The maximum Gasteiger partial charge on any atom is 0.250 e. The second-order valence-electron chi connectivity index (χ2n) is 6.28. The number of ketones is 1. The van der Waals surface area contributed by atoms with Crippen LogP contribution in [-0.2, 0) is 6.42 Å². The van der Waals surface area contributed by atoms with Gasteiger partial charge in [0.25, 0.3) is 5.95 Å². The third-order valence-corrected chi connectivity index (χ3v) is 4.68. The monoisotopic (exact) mass is 333 g/mol. The van der Waals surface area contributed by atoms with Gasteiger partial charge in [-0.15, -0.1) is 5.10 Å². The quantitative estimate of drug-likeness (QED) is 0.793. The lowest BCUT2D eigenvalue weighted by molar-refractivity contribution is 0.0973. The molecule has 0 radical (unpaired) electrons. The van der Waals surface area contributed by atoms with Crippen LogP contribution >= 0.6 is 0 Å². The average molecular weight is 333 g/mol. The first kappa shape index (κ1) is 15.5. The second-order valence-corrected chi connectivity index (χ2v) is 6.28. The van der Waals surface area contributed by atoms with E-state index in [2.05, 4.69) is 40.3 Å². The number of aryl methyl sites for hydroxylation is 1. The second kappa shape index (κ2) is 6.12. The summed E-state index contributed by atoms with van der Waals surface area (Å²) in [6, 6.07) is 7.83. The van der Waals surface area contributed by atoms with Gasteiger partial charge in [-0.3, -0.25) is 4.79 Å². The van der Waals surface area contributed by atoms with Crippen LogP contribution in [0.2, 0.25) is 0 Å². The van der Waals surface area contributed by atoms with Crippen molar-refractivity contribution in [2.45, 2.75) is 33.1 Å². The Kier molecular flexibility index (Phi) is 3.80. The highest BCUT2D eigenvalue weighted by molar-refractivity contribution is 6.03. The van der Waals surface area contributed by atoms with Crippen molar-refractivity contribution in [2.75, 3.05) is 5.32 Å². The standard InChI is InChI=1S/C19H19N5O/c1-12-6-3-7-14(13(12)2)22-18-17-15(8-4-9-16(17)25)24(23-18)19-20-10-5-11-21-19/h3,5-7,10-11H,4,8-9H2,1-2H3,(H,22,23). The van der Waals surface area contributed by atoms with Crippen molar-refractivity contribution in [2.24, 2.45) is 0 Å². The molecule has 3 aromatic rings. The van der Waals surface area contributed by atoms with Gasteiger partial charge >= 0.3 is 0 Å². The van der Waals surface area contributed by atoms with E-state index in [0.29, 0.717) is 23.8 Å². The molecule has 6 nitrogen and oxygen atoms in total. The van der Waals surface area contributed by atoms with Crippen molar-refractivity contribution < 1.29 is 4.79 Å². The molecule has 1 aliphatic carbocycles. The predicted molar refractivity (Wildman–Crippen MR) is 95.6 cm³/mol. The number of benzene rings is 1. The maximum absolute atomic E-state index is 12.6. The van der Waals surface area contributed by atoms with Crippen LogP contribution in [0.5, 0.6) is 0 Å². The van der Waals surface area contributed by atoms with Crippen molar-refractivity contribution in [3.8, 4) is 5.95 Å². The number of hydrogen-bond donors (Lipinski definition) is 1. The zero-order valence-corrected chi connectivity index (χ0v) is 14.3. The zero-order valence-electron chi connectivity index (χ0n) is 14.3. The minimum atomic E-state index is 0.122.